The van der Waals surface area contributed by atoms with E-state index in [2.05, 4.69) is 20.5 Å². The maximum atomic E-state index is 12.4. The van der Waals surface area contributed by atoms with Crippen LogP contribution < -0.4 is 10.6 Å². The molecule has 0 atom stereocenters. The van der Waals surface area contributed by atoms with Gasteiger partial charge < -0.3 is 10.6 Å². The standard InChI is InChI=1S/C20H24N4O3S/c1-13-19(28-12-21-13)20(27)22-15-7-9-24(10-8-15)11-18(26)23-17-6-4-3-5-16(17)14(2)25/h3-6,12,15H,7-11H2,1-2H3,(H,22,27)(H,23,26). The third kappa shape index (κ3) is 5.02. The molecule has 1 aromatic carbocycles. The fraction of sp³-hybridized carbons (Fsp3) is 0.400. The van der Waals surface area contributed by atoms with E-state index in [0.717, 1.165) is 31.6 Å². The fourth-order valence-corrected chi connectivity index (χ4v) is 4.00. The number of nitrogens with zero attached hydrogens (tertiary/aromatic N) is 2. The predicted molar refractivity (Wildman–Crippen MR) is 109 cm³/mol. The molecule has 1 aromatic heterocycles. The summed E-state index contributed by atoms with van der Waals surface area (Å²) >= 11 is 1.35. The maximum absolute atomic E-state index is 12.4. The van der Waals surface area contributed by atoms with E-state index >= 15 is 0 Å². The topological polar surface area (TPSA) is 91.4 Å². The number of amides is 2. The number of ketones is 1. The van der Waals surface area contributed by atoms with Crippen molar-refractivity contribution in [3.8, 4) is 0 Å². The molecule has 0 bridgehead atoms. The van der Waals surface area contributed by atoms with Crippen LogP contribution in [0.2, 0.25) is 0 Å². The summed E-state index contributed by atoms with van der Waals surface area (Å²) in [4.78, 5) is 43.2. The number of hydrogen-bond acceptors (Lipinski definition) is 6. The Hall–Kier alpha value is -2.58. The van der Waals surface area contributed by atoms with Crippen LogP contribution >= 0.6 is 11.3 Å². The minimum absolute atomic E-state index is 0.0722. The average Bonchev–Trinajstić information content (AvgIpc) is 3.09. The normalized spacial score (nSPS) is 15.2. The molecule has 0 aliphatic carbocycles. The Bertz CT molecular complexity index is 872. The van der Waals surface area contributed by atoms with Gasteiger partial charge in [0.15, 0.2) is 5.78 Å². The highest BCUT2D eigenvalue weighted by atomic mass is 32.1. The van der Waals surface area contributed by atoms with E-state index in [1.165, 1.54) is 18.3 Å². The van der Waals surface area contributed by atoms with Crippen molar-refractivity contribution < 1.29 is 14.4 Å². The molecule has 1 saturated heterocycles. The van der Waals surface area contributed by atoms with Crippen LogP contribution in [-0.4, -0.2) is 53.2 Å². The minimum atomic E-state index is -0.142. The minimum Gasteiger partial charge on any atom is -0.348 e. The first-order valence-corrected chi connectivity index (χ1v) is 10.1. The molecule has 2 heterocycles. The van der Waals surface area contributed by atoms with Crippen LogP contribution in [-0.2, 0) is 4.79 Å². The number of aromatic nitrogens is 1. The summed E-state index contributed by atoms with van der Waals surface area (Å²) in [5, 5.41) is 5.89. The number of anilines is 1. The fourth-order valence-electron chi connectivity index (χ4n) is 3.30. The number of benzene rings is 1. The predicted octanol–water partition coefficient (Wildman–Crippen LogP) is 2.49. The van der Waals surface area contributed by atoms with E-state index in [-0.39, 0.29) is 30.2 Å². The molecule has 1 aliphatic rings. The molecule has 2 amide bonds. The molecule has 1 aliphatic heterocycles. The summed E-state index contributed by atoms with van der Waals surface area (Å²) in [6.45, 7) is 5.04. The van der Waals surface area contributed by atoms with Crippen LogP contribution in [0.5, 0.6) is 0 Å². The van der Waals surface area contributed by atoms with E-state index in [4.69, 9.17) is 0 Å². The molecule has 148 valence electrons. The van der Waals surface area contributed by atoms with Crippen molar-refractivity contribution in [3.05, 3.63) is 45.9 Å². The molecule has 0 spiro atoms. The number of carbonyl (C=O) groups excluding carboxylic acids is 3. The molecular formula is C20H24N4O3S. The molecule has 8 heteroatoms. The van der Waals surface area contributed by atoms with E-state index in [9.17, 15) is 14.4 Å². The second kappa shape index (κ2) is 9.07. The molecule has 2 N–H and O–H groups in total. The number of carbonyl (C=O) groups is 3. The van der Waals surface area contributed by atoms with Gasteiger partial charge in [0.1, 0.15) is 4.88 Å². The second-order valence-corrected chi connectivity index (χ2v) is 7.80. The highest BCUT2D eigenvalue weighted by Crippen LogP contribution is 2.17. The summed E-state index contributed by atoms with van der Waals surface area (Å²) in [5.41, 5.74) is 3.48. The zero-order valence-corrected chi connectivity index (χ0v) is 16.8. The van der Waals surface area contributed by atoms with Gasteiger partial charge in [-0.3, -0.25) is 19.3 Å². The van der Waals surface area contributed by atoms with Crippen molar-refractivity contribution in [1.82, 2.24) is 15.2 Å². The highest BCUT2D eigenvalue weighted by Gasteiger charge is 2.24. The second-order valence-electron chi connectivity index (χ2n) is 6.94. The number of hydrogen-bond donors (Lipinski definition) is 2. The van der Waals surface area contributed by atoms with Gasteiger partial charge in [-0.25, -0.2) is 4.98 Å². The molecule has 28 heavy (non-hydrogen) atoms. The summed E-state index contributed by atoms with van der Waals surface area (Å²) in [7, 11) is 0. The number of piperidine rings is 1. The molecule has 7 nitrogen and oxygen atoms in total. The van der Waals surface area contributed by atoms with Crippen LogP contribution in [0.25, 0.3) is 0 Å². The summed E-state index contributed by atoms with van der Waals surface area (Å²) in [6.07, 6.45) is 1.59. The Morgan fingerprint density at radius 2 is 1.93 bits per heavy atom. The summed E-state index contributed by atoms with van der Waals surface area (Å²) < 4.78 is 0. The SMILES string of the molecule is CC(=O)c1ccccc1NC(=O)CN1CCC(NC(=O)c2scnc2C)CC1. The lowest BCUT2D eigenvalue weighted by Gasteiger charge is -2.31. The van der Waals surface area contributed by atoms with Gasteiger partial charge in [-0.15, -0.1) is 11.3 Å². The number of thiazole rings is 1. The van der Waals surface area contributed by atoms with Crippen LogP contribution in [0, 0.1) is 6.92 Å². The Morgan fingerprint density at radius 1 is 1.21 bits per heavy atom. The van der Waals surface area contributed by atoms with Crippen LogP contribution in [0.4, 0.5) is 5.69 Å². The van der Waals surface area contributed by atoms with E-state index in [0.29, 0.717) is 16.1 Å². The lowest BCUT2D eigenvalue weighted by Crippen LogP contribution is -2.46. The number of nitrogens with one attached hydrogen (secondary N) is 2. The van der Waals surface area contributed by atoms with Gasteiger partial charge in [-0.1, -0.05) is 12.1 Å². The first-order valence-electron chi connectivity index (χ1n) is 9.27. The quantitative estimate of drug-likeness (QED) is 0.727. The van der Waals surface area contributed by atoms with E-state index in [1.807, 2.05) is 6.92 Å². The van der Waals surface area contributed by atoms with Crippen molar-refractivity contribution in [1.29, 1.82) is 0 Å². The lowest BCUT2D eigenvalue weighted by atomic mass is 10.0. The van der Waals surface area contributed by atoms with Gasteiger partial charge in [0.2, 0.25) is 5.91 Å². The highest BCUT2D eigenvalue weighted by molar-refractivity contribution is 7.11. The zero-order valence-electron chi connectivity index (χ0n) is 16.0. The Morgan fingerprint density at radius 3 is 2.57 bits per heavy atom. The monoisotopic (exact) mass is 400 g/mol. The van der Waals surface area contributed by atoms with Crippen molar-refractivity contribution in [2.45, 2.75) is 32.7 Å². The van der Waals surface area contributed by atoms with Gasteiger partial charge in [-0.05, 0) is 38.8 Å². The number of Topliss-reactive ketones (excluding diaryl/α,β-unsaturated/α-hetero) is 1. The molecule has 0 unspecified atom stereocenters. The van der Waals surface area contributed by atoms with E-state index < -0.39 is 0 Å². The van der Waals surface area contributed by atoms with Gasteiger partial charge in [-0.2, -0.15) is 0 Å². The first-order chi connectivity index (χ1) is 13.4. The molecule has 2 aromatic rings. The van der Waals surface area contributed by atoms with Crippen molar-refractivity contribution in [3.63, 3.8) is 0 Å². The van der Waals surface area contributed by atoms with Crippen molar-refractivity contribution in [2.24, 2.45) is 0 Å². The van der Waals surface area contributed by atoms with Gasteiger partial charge in [0.05, 0.1) is 23.4 Å². The van der Waals surface area contributed by atoms with Gasteiger partial charge in [0, 0.05) is 24.7 Å². The van der Waals surface area contributed by atoms with Crippen molar-refractivity contribution in [2.75, 3.05) is 25.0 Å². The Balaban J connectivity index is 1.47. The molecule has 3 rings (SSSR count). The smallest absolute Gasteiger partial charge is 0.263 e. The third-order valence-electron chi connectivity index (χ3n) is 4.82. The molecule has 1 fully saturated rings. The molecular weight excluding hydrogens is 376 g/mol. The Labute approximate surface area is 168 Å². The van der Waals surface area contributed by atoms with E-state index in [1.54, 1.807) is 29.8 Å². The molecule has 0 radical (unpaired) electrons. The summed E-state index contributed by atoms with van der Waals surface area (Å²) in [5.74, 6) is -0.294. The number of likely N-dealkylation sites (tertiary alicyclic amines) is 1. The zero-order chi connectivity index (χ0) is 20.1. The van der Waals surface area contributed by atoms with Gasteiger partial charge >= 0.3 is 0 Å². The molecule has 0 saturated carbocycles. The average molecular weight is 401 g/mol. The number of aryl methyl sites for hydroxylation is 1. The van der Waals surface area contributed by atoms with Crippen LogP contribution in [0.1, 0.15) is 45.5 Å². The van der Waals surface area contributed by atoms with Crippen LogP contribution in [0.15, 0.2) is 29.8 Å². The summed E-state index contributed by atoms with van der Waals surface area (Å²) in [6, 6.07) is 7.11. The number of rotatable bonds is 6. The van der Waals surface area contributed by atoms with Crippen molar-refractivity contribution >= 4 is 34.6 Å². The first kappa shape index (κ1) is 20.2. The lowest BCUT2D eigenvalue weighted by molar-refractivity contribution is -0.117. The maximum Gasteiger partial charge on any atom is 0.263 e. The third-order valence-corrected chi connectivity index (χ3v) is 5.75. The van der Waals surface area contributed by atoms with Gasteiger partial charge in [0.25, 0.3) is 5.91 Å². The van der Waals surface area contributed by atoms with Crippen LogP contribution in [0.3, 0.4) is 0 Å². The number of para-hydroxylation sites is 1. The Kier molecular flexibility index (Phi) is 6.53. The largest absolute Gasteiger partial charge is 0.348 e.